The molecule has 0 amide bonds. The van der Waals surface area contributed by atoms with Gasteiger partial charge in [-0.15, -0.1) is 0 Å². The molecule has 3 nitrogen and oxygen atoms in total. The predicted octanol–water partition coefficient (Wildman–Crippen LogP) is 1.85. The van der Waals surface area contributed by atoms with Crippen LogP contribution in [0.5, 0.6) is 0 Å². The first kappa shape index (κ1) is 11.0. The summed E-state index contributed by atoms with van der Waals surface area (Å²) in [6, 6.07) is 2.29. The molecule has 0 aromatic carbocycles. The molecule has 0 spiro atoms. The number of halogens is 3. The number of hydrogen-bond donors (Lipinski definition) is 1. The van der Waals surface area contributed by atoms with Gasteiger partial charge in [-0.25, -0.2) is 0 Å². The maximum absolute atomic E-state index is 12.3. The second-order valence-electron chi connectivity index (χ2n) is 2.30. The summed E-state index contributed by atoms with van der Waals surface area (Å²) in [4.78, 5) is 14.1. The van der Waals surface area contributed by atoms with E-state index >= 15 is 0 Å². The van der Waals surface area contributed by atoms with Crippen molar-refractivity contribution in [3.63, 3.8) is 0 Å². The molecule has 1 rings (SSSR count). The van der Waals surface area contributed by atoms with Gasteiger partial charge in [-0.1, -0.05) is 0 Å². The van der Waals surface area contributed by atoms with Crippen molar-refractivity contribution in [1.29, 1.82) is 0 Å². The zero-order valence-electron chi connectivity index (χ0n) is 6.71. The zero-order valence-corrected chi connectivity index (χ0v) is 7.52. The molecule has 0 aliphatic heterocycles. The number of alkyl halides is 3. The Labute approximate surface area is 81.6 Å². The summed E-state index contributed by atoms with van der Waals surface area (Å²) in [5.41, 5.74) is -1.73. The molecule has 0 radical (unpaired) electrons. The Morgan fingerprint density at radius 3 is 2.64 bits per heavy atom. The molecule has 0 saturated carbocycles. The first-order valence-electron chi connectivity index (χ1n) is 3.40. The van der Waals surface area contributed by atoms with Gasteiger partial charge < -0.3 is 0 Å². The molecule has 1 aromatic heterocycles. The molecule has 0 aliphatic carbocycles. The molecule has 14 heavy (non-hydrogen) atoms. The van der Waals surface area contributed by atoms with E-state index in [0.717, 1.165) is 12.3 Å². The minimum absolute atomic E-state index is 0.229. The van der Waals surface area contributed by atoms with Crippen LogP contribution in [0.3, 0.4) is 0 Å². The highest BCUT2D eigenvalue weighted by Crippen LogP contribution is 2.30. The van der Waals surface area contributed by atoms with E-state index in [-0.39, 0.29) is 11.9 Å². The van der Waals surface area contributed by atoms with E-state index in [1.165, 1.54) is 6.07 Å². The van der Waals surface area contributed by atoms with Crippen molar-refractivity contribution in [1.82, 2.24) is 4.98 Å². The smallest absolute Gasteiger partial charge is 0.280 e. The third-order valence-electron chi connectivity index (χ3n) is 1.40. The largest absolute Gasteiger partial charge is 0.434 e. The third kappa shape index (κ3) is 2.24. The second kappa shape index (κ2) is 3.97. The van der Waals surface area contributed by atoms with E-state index in [2.05, 4.69) is 4.98 Å². The molecular weight excluding hydrogens is 217 g/mol. The Balaban J connectivity index is 3.23. The molecule has 0 atom stereocenters. The van der Waals surface area contributed by atoms with E-state index in [1.54, 1.807) is 0 Å². The Morgan fingerprint density at radius 2 is 2.14 bits per heavy atom. The quantitative estimate of drug-likeness (QED) is 0.736. The molecule has 7 heteroatoms. The monoisotopic (exact) mass is 222 g/mol. The lowest BCUT2D eigenvalue weighted by atomic mass is 10.2. The van der Waals surface area contributed by atoms with Crippen LogP contribution in [-0.4, -0.2) is 10.1 Å². The number of rotatable bonds is 1. The number of hydrogen-bond acceptors (Lipinski definition) is 4. The van der Waals surface area contributed by atoms with Crippen molar-refractivity contribution in [2.24, 2.45) is 5.14 Å². The summed E-state index contributed by atoms with van der Waals surface area (Å²) in [5, 5.41) is 4.03. The van der Waals surface area contributed by atoms with E-state index in [0.29, 0.717) is 0 Å². The van der Waals surface area contributed by atoms with Crippen LogP contribution in [0.2, 0.25) is 0 Å². The van der Waals surface area contributed by atoms with Crippen molar-refractivity contribution < 1.29 is 18.0 Å². The summed E-state index contributed by atoms with van der Waals surface area (Å²) in [5.74, 6) is 0. The molecule has 0 saturated heterocycles. The summed E-state index contributed by atoms with van der Waals surface area (Å²) in [6.07, 6.45) is -3.66. The lowest BCUT2D eigenvalue weighted by molar-refractivity contribution is -0.141. The van der Waals surface area contributed by atoms with Crippen LogP contribution in [0.4, 0.5) is 13.2 Å². The lowest BCUT2D eigenvalue weighted by Crippen LogP contribution is -2.14. The fourth-order valence-electron chi connectivity index (χ4n) is 0.859. The molecule has 76 valence electrons. The molecule has 1 aromatic rings. The van der Waals surface area contributed by atoms with Gasteiger partial charge in [-0.2, -0.15) is 13.2 Å². The fraction of sp³-hybridized carbons (Fsp3) is 0.143. The highest BCUT2D eigenvalue weighted by molar-refractivity contribution is 8.12. The zero-order chi connectivity index (χ0) is 10.8. The number of nitrogens with zero attached hydrogens (tertiary/aromatic N) is 1. The minimum atomic E-state index is -4.64. The van der Waals surface area contributed by atoms with Crippen molar-refractivity contribution in [2.75, 3.05) is 0 Å². The third-order valence-corrected chi connectivity index (χ3v) is 1.84. The number of carbonyl (C=O) groups excluding carboxylic acids is 1. The van der Waals surface area contributed by atoms with Gasteiger partial charge in [0, 0.05) is 6.20 Å². The number of aromatic nitrogens is 1. The van der Waals surface area contributed by atoms with E-state index < -0.39 is 22.5 Å². The van der Waals surface area contributed by atoms with Crippen molar-refractivity contribution in [3.8, 4) is 0 Å². The van der Waals surface area contributed by atoms with Crippen molar-refractivity contribution in [3.05, 3.63) is 29.6 Å². The van der Waals surface area contributed by atoms with Crippen LogP contribution in [0, 0.1) is 0 Å². The van der Waals surface area contributed by atoms with Gasteiger partial charge in [0.2, 0.25) is 5.12 Å². The van der Waals surface area contributed by atoms with Gasteiger partial charge in [-0.3, -0.25) is 14.9 Å². The van der Waals surface area contributed by atoms with Gasteiger partial charge in [0.05, 0.1) is 5.56 Å². The Morgan fingerprint density at radius 1 is 1.50 bits per heavy atom. The van der Waals surface area contributed by atoms with Crippen LogP contribution in [0.25, 0.3) is 0 Å². The first-order valence-corrected chi connectivity index (χ1v) is 4.28. The highest BCUT2D eigenvalue weighted by Gasteiger charge is 2.36. The second-order valence-corrected chi connectivity index (χ2v) is 2.91. The fourth-order valence-corrected chi connectivity index (χ4v) is 1.15. The van der Waals surface area contributed by atoms with Gasteiger partial charge >= 0.3 is 6.18 Å². The van der Waals surface area contributed by atoms with Gasteiger partial charge in [0.25, 0.3) is 0 Å². The first-order chi connectivity index (χ1) is 6.46. The predicted molar refractivity (Wildman–Crippen MR) is 45.3 cm³/mol. The maximum atomic E-state index is 12.3. The Hall–Kier alpha value is -1.08. The molecule has 2 N–H and O–H groups in total. The molecule has 1 heterocycles. The van der Waals surface area contributed by atoms with Crippen LogP contribution in [0.1, 0.15) is 16.1 Å². The normalized spacial score (nSPS) is 11.4. The summed E-state index contributed by atoms with van der Waals surface area (Å²) in [6.45, 7) is 0. The average Bonchev–Trinajstić information content (AvgIpc) is 2.15. The minimum Gasteiger partial charge on any atom is -0.280 e. The summed E-state index contributed by atoms with van der Waals surface area (Å²) >= 11 is 0.229. The van der Waals surface area contributed by atoms with E-state index in [4.69, 9.17) is 5.14 Å². The van der Waals surface area contributed by atoms with Crippen LogP contribution in [-0.2, 0) is 6.18 Å². The molecule has 0 unspecified atom stereocenters. The highest BCUT2D eigenvalue weighted by atomic mass is 32.2. The topological polar surface area (TPSA) is 56.0 Å². The van der Waals surface area contributed by atoms with Gasteiger partial charge in [0.15, 0.2) is 5.69 Å². The number of pyridine rings is 1. The summed E-state index contributed by atoms with van der Waals surface area (Å²) < 4.78 is 36.8. The SMILES string of the molecule is NSC(=O)c1cccnc1C(F)(F)F. The van der Waals surface area contributed by atoms with Gasteiger partial charge in [0.1, 0.15) is 0 Å². The van der Waals surface area contributed by atoms with Gasteiger partial charge in [-0.05, 0) is 24.1 Å². The van der Waals surface area contributed by atoms with Crippen LogP contribution >= 0.6 is 11.9 Å². The Bertz CT molecular complexity index is 353. The summed E-state index contributed by atoms with van der Waals surface area (Å²) in [7, 11) is 0. The number of carbonyl (C=O) groups is 1. The maximum Gasteiger partial charge on any atom is 0.434 e. The van der Waals surface area contributed by atoms with Crippen molar-refractivity contribution >= 4 is 17.1 Å². The standard InChI is InChI=1S/C7H5F3N2OS/c8-7(9,10)5-4(6(13)14-11)2-1-3-12-5/h1-3H,11H2. The Kier molecular flexibility index (Phi) is 3.12. The molecule has 0 aliphatic rings. The lowest BCUT2D eigenvalue weighted by Gasteiger charge is -2.08. The van der Waals surface area contributed by atoms with Crippen molar-refractivity contribution in [2.45, 2.75) is 6.18 Å². The molecule has 0 bridgehead atoms. The molecular formula is C7H5F3N2OS. The van der Waals surface area contributed by atoms with Crippen LogP contribution < -0.4 is 5.14 Å². The number of nitrogens with two attached hydrogens (primary N) is 1. The van der Waals surface area contributed by atoms with E-state index in [1.807, 2.05) is 0 Å². The van der Waals surface area contributed by atoms with Crippen LogP contribution in [0.15, 0.2) is 18.3 Å². The molecule has 0 fully saturated rings. The average molecular weight is 222 g/mol. The van der Waals surface area contributed by atoms with E-state index in [9.17, 15) is 18.0 Å².